The van der Waals surface area contributed by atoms with Gasteiger partial charge in [0.2, 0.25) is 5.91 Å². The van der Waals surface area contributed by atoms with Crippen molar-refractivity contribution in [2.24, 2.45) is 0 Å². The van der Waals surface area contributed by atoms with Crippen molar-refractivity contribution in [3.05, 3.63) is 94.3 Å². The van der Waals surface area contributed by atoms with Crippen LogP contribution in [0.4, 0.5) is 5.69 Å². The topological polar surface area (TPSA) is 55.2 Å². The van der Waals surface area contributed by atoms with Crippen LogP contribution in [-0.2, 0) is 4.79 Å². The number of hydrogen-bond donors (Lipinski definition) is 0. The molecule has 1 amide bonds. The van der Waals surface area contributed by atoms with E-state index in [-0.39, 0.29) is 17.2 Å². The van der Waals surface area contributed by atoms with Gasteiger partial charge in [0.1, 0.15) is 0 Å². The monoisotopic (exact) mass is 429 g/mol. The fourth-order valence-corrected chi connectivity index (χ4v) is 4.50. The number of nitrogens with zero attached hydrogens (tertiary/aromatic N) is 3. The Morgan fingerprint density at radius 1 is 0.935 bits per heavy atom. The zero-order chi connectivity index (χ0) is 22.0. The molecular weight excluding hydrogens is 406 g/mol. The summed E-state index contributed by atoms with van der Waals surface area (Å²) in [5.74, 6) is 0.104. The predicted molar refractivity (Wildman–Crippen MR) is 127 cm³/mol. The first-order valence-corrected chi connectivity index (χ1v) is 11.0. The van der Waals surface area contributed by atoms with Gasteiger partial charge in [-0.25, -0.2) is 4.98 Å². The molecule has 0 radical (unpaired) electrons. The average molecular weight is 430 g/mol. The second kappa shape index (κ2) is 8.78. The van der Waals surface area contributed by atoms with Crippen LogP contribution in [0.2, 0.25) is 0 Å². The molecule has 5 nitrogen and oxygen atoms in total. The Morgan fingerprint density at radius 2 is 1.58 bits per heavy atom. The average Bonchev–Trinajstić information content (AvgIpc) is 2.79. The first-order chi connectivity index (χ1) is 15.0. The lowest BCUT2D eigenvalue weighted by Gasteiger charge is -2.19. The molecule has 0 atom stereocenters. The Balaban J connectivity index is 1.77. The number of anilines is 1. The molecule has 0 aliphatic carbocycles. The van der Waals surface area contributed by atoms with Gasteiger partial charge in [-0.1, -0.05) is 60.3 Å². The molecule has 1 heterocycles. The number of thioether (sulfide) groups is 1. The molecular formula is C25H23N3O2S. The molecule has 1 aromatic heterocycles. The molecule has 0 aliphatic rings. The third-order valence-electron chi connectivity index (χ3n) is 5.25. The van der Waals surface area contributed by atoms with E-state index in [1.807, 2.05) is 80.6 Å². The van der Waals surface area contributed by atoms with Crippen molar-refractivity contribution in [3.8, 4) is 5.69 Å². The number of carbonyl (C=O) groups is 1. The molecule has 0 N–H and O–H groups in total. The molecule has 0 bridgehead atoms. The minimum Gasteiger partial charge on any atom is -0.315 e. The number of fused-ring (bicyclic) bond motifs is 1. The summed E-state index contributed by atoms with van der Waals surface area (Å²) in [4.78, 5) is 32.7. The van der Waals surface area contributed by atoms with Gasteiger partial charge in [-0.05, 0) is 49.2 Å². The summed E-state index contributed by atoms with van der Waals surface area (Å²) < 4.78 is 1.65. The zero-order valence-electron chi connectivity index (χ0n) is 17.7. The highest BCUT2D eigenvalue weighted by Crippen LogP contribution is 2.26. The SMILES string of the molecule is Cc1cccc(C)c1-n1c(SCC(=O)N(C)c2ccccc2)nc2ccccc2c1=O. The van der Waals surface area contributed by atoms with Gasteiger partial charge in [0.05, 0.1) is 22.3 Å². The molecule has 0 fully saturated rings. The number of aryl methyl sites for hydroxylation is 2. The van der Waals surface area contributed by atoms with Gasteiger partial charge in [-0.15, -0.1) is 0 Å². The number of amides is 1. The summed E-state index contributed by atoms with van der Waals surface area (Å²) in [6.45, 7) is 3.96. The van der Waals surface area contributed by atoms with E-state index in [4.69, 9.17) is 4.98 Å². The van der Waals surface area contributed by atoms with Crippen LogP contribution in [0.5, 0.6) is 0 Å². The number of hydrogen-bond acceptors (Lipinski definition) is 4. The lowest BCUT2D eigenvalue weighted by molar-refractivity contribution is -0.115. The normalized spacial score (nSPS) is 10.9. The molecule has 3 aromatic carbocycles. The highest BCUT2D eigenvalue weighted by atomic mass is 32.2. The fraction of sp³-hybridized carbons (Fsp3) is 0.160. The van der Waals surface area contributed by atoms with E-state index >= 15 is 0 Å². The van der Waals surface area contributed by atoms with Crippen LogP contribution in [0, 0.1) is 13.8 Å². The standard InChI is InChI=1S/C25H23N3O2S/c1-17-10-9-11-18(2)23(17)28-24(30)20-14-7-8-15-21(20)26-25(28)31-16-22(29)27(3)19-12-5-4-6-13-19/h4-15H,16H2,1-3H3. The second-order valence-electron chi connectivity index (χ2n) is 7.37. The Hall–Kier alpha value is -3.38. The van der Waals surface area contributed by atoms with Crippen LogP contribution >= 0.6 is 11.8 Å². The summed E-state index contributed by atoms with van der Waals surface area (Å²) >= 11 is 1.28. The van der Waals surface area contributed by atoms with E-state index in [1.165, 1.54) is 11.8 Å². The summed E-state index contributed by atoms with van der Waals surface area (Å²) in [5.41, 5.74) is 4.10. The number of carbonyl (C=O) groups excluding carboxylic acids is 1. The Labute approximate surface area is 185 Å². The molecule has 0 saturated carbocycles. The highest BCUT2D eigenvalue weighted by Gasteiger charge is 2.18. The largest absolute Gasteiger partial charge is 0.315 e. The van der Waals surface area contributed by atoms with Crippen LogP contribution < -0.4 is 10.5 Å². The number of rotatable bonds is 5. The summed E-state index contributed by atoms with van der Waals surface area (Å²) in [6.07, 6.45) is 0. The number of benzene rings is 3. The maximum atomic E-state index is 13.5. The molecule has 4 aromatic rings. The highest BCUT2D eigenvalue weighted by molar-refractivity contribution is 7.99. The quantitative estimate of drug-likeness (QED) is 0.339. The van der Waals surface area contributed by atoms with Crippen LogP contribution in [0.3, 0.4) is 0 Å². The lowest BCUT2D eigenvalue weighted by atomic mass is 10.1. The third kappa shape index (κ3) is 4.11. The van der Waals surface area contributed by atoms with Crippen LogP contribution in [0.15, 0.2) is 82.7 Å². The van der Waals surface area contributed by atoms with Gasteiger partial charge in [-0.3, -0.25) is 14.2 Å². The van der Waals surface area contributed by atoms with E-state index in [2.05, 4.69) is 0 Å². The maximum Gasteiger partial charge on any atom is 0.266 e. The fourth-order valence-electron chi connectivity index (χ4n) is 3.58. The Morgan fingerprint density at radius 3 is 2.29 bits per heavy atom. The molecule has 0 unspecified atom stereocenters. The second-order valence-corrected chi connectivity index (χ2v) is 8.31. The molecule has 0 spiro atoms. The predicted octanol–water partition coefficient (Wildman–Crippen LogP) is 4.76. The molecule has 0 aliphatic heterocycles. The van der Waals surface area contributed by atoms with Crippen molar-refractivity contribution in [1.29, 1.82) is 0 Å². The van der Waals surface area contributed by atoms with Crippen molar-refractivity contribution >= 4 is 34.3 Å². The number of aromatic nitrogens is 2. The van der Waals surface area contributed by atoms with Crippen molar-refractivity contribution in [1.82, 2.24) is 9.55 Å². The zero-order valence-corrected chi connectivity index (χ0v) is 18.5. The number of para-hydroxylation sites is 3. The maximum absolute atomic E-state index is 13.5. The van der Waals surface area contributed by atoms with Crippen molar-refractivity contribution < 1.29 is 4.79 Å². The molecule has 31 heavy (non-hydrogen) atoms. The van der Waals surface area contributed by atoms with Crippen LogP contribution in [0.1, 0.15) is 11.1 Å². The van der Waals surface area contributed by atoms with Gasteiger partial charge in [0.25, 0.3) is 5.56 Å². The Bertz CT molecular complexity index is 1300. The van der Waals surface area contributed by atoms with Gasteiger partial charge in [0, 0.05) is 12.7 Å². The van der Waals surface area contributed by atoms with Gasteiger partial charge in [0.15, 0.2) is 5.16 Å². The Kier molecular flexibility index (Phi) is 5.91. The van der Waals surface area contributed by atoms with Crippen molar-refractivity contribution in [2.45, 2.75) is 19.0 Å². The lowest BCUT2D eigenvalue weighted by Crippen LogP contribution is -2.29. The summed E-state index contributed by atoms with van der Waals surface area (Å²) in [7, 11) is 1.75. The van der Waals surface area contributed by atoms with Gasteiger partial charge < -0.3 is 4.90 Å². The van der Waals surface area contributed by atoms with Gasteiger partial charge >= 0.3 is 0 Å². The van der Waals surface area contributed by atoms with E-state index in [0.29, 0.717) is 16.1 Å². The third-order valence-corrected chi connectivity index (χ3v) is 6.17. The van der Waals surface area contributed by atoms with Crippen LogP contribution in [0.25, 0.3) is 16.6 Å². The molecule has 6 heteroatoms. The van der Waals surface area contributed by atoms with Crippen LogP contribution in [-0.4, -0.2) is 28.3 Å². The smallest absolute Gasteiger partial charge is 0.266 e. The molecule has 156 valence electrons. The van der Waals surface area contributed by atoms with E-state index in [0.717, 1.165) is 22.5 Å². The minimum atomic E-state index is -0.130. The van der Waals surface area contributed by atoms with Gasteiger partial charge in [-0.2, -0.15) is 0 Å². The molecule has 4 rings (SSSR count). The summed E-state index contributed by atoms with van der Waals surface area (Å²) in [6, 6.07) is 22.7. The van der Waals surface area contributed by atoms with E-state index in [1.54, 1.807) is 22.6 Å². The van der Waals surface area contributed by atoms with Crippen molar-refractivity contribution in [3.63, 3.8) is 0 Å². The first-order valence-electron chi connectivity index (χ1n) is 10.00. The first kappa shape index (κ1) is 20.9. The van der Waals surface area contributed by atoms with E-state index < -0.39 is 0 Å². The summed E-state index contributed by atoms with van der Waals surface area (Å²) in [5, 5.41) is 1.07. The van der Waals surface area contributed by atoms with E-state index in [9.17, 15) is 9.59 Å². The van der Waals surface area contributed by atoms with Crippen molar-refractivity contribution in [2.75, 3.05) is 17.7 Å². The minimum absolute atomic E-state index is 0.0633. The molecule has 0 saturated heterocycles.